The second-order valence-corrected chi connectivity index (χ2v) is 5.41. The van der Waals surface area contributed by atoms with Crippen LogP contribution in [-0.4, -0.2) is 23.9 Å². The number of nitrogens with zero attached hydrogens (tertiary/aromatic N) is 1. The molecule has 0 atom stereocenters. The van der Waals surface area contributed by atoms with Crippen molar-refractivity contribution in [3.63, 3.8) is 0 Å². The molecule has 1 fully saturated rings. The van der Waals surface area contributed by atoms with E-state index >= 15 is 0 Å². The Balaban J connectivity index is 2.18. The lowest BCUT2D eigenvalue weighted by atomic mass is 10.2. The number of rotatable bonds is 4. The van der Waals surface area contributed by atoms with E-state index in [-0.39, 0.29) is 12.5 Å². The fourth-order valence-corrected chi connectivity index (χ4v) is 2.27. The van der Waals surface area contributed by atoms with E-state index in [0.29, 0.717) is 22.5 Å². The molecule has 94 valence electrons. The lowest BCUT2D eigenvalue weighted by Gasteiger charge is -2.20. The van der Waals surface area contributed by atoms with Gasteiger partial charge >= 0.3 is 0 Å². The number of carbonyl (C=O) groups is 1. The summed E-state index contributed by atoms with van der Waals surface area (Å²) in [7, 11) is 0. The van der Waals surface area contributed by atoms with Gasteiger partial charge in [0.05, 0.1) is 6.54 Å². The monoisotopic (exact) mass is 309 g/mol. The summed E-state index contributed by atoms with van der Waals surface area (Å²) in [5, 5.41) is 0. The van der Waals surface area contributed by atoms with Gasteiger partial charge in [-0.1, -0.05) is 21.9 Å². The summed E-state index contributed by atoms with van der Waals surface area (Å²) < 4.78 is 13.8. The van der Waals surface area contributed by atoms with E-state index in [1.165, 1.54) is 12.1 Å². The maximum atomic E-state index is 13.3. The molecule has 1 aliphatic rings. The molecule has 1 amide bonds. The quantitative estimate of drug-likeness (QED) is 0.783. The van der Waals surface area contributed by atoms with Gasteiger partial charge in [-0.05, 0) is 37.0 Å². The molecule has 0 aliphatic heterocycles. The first-order valence-electron chi connectivity index (χ1n) is 5.79. The Bertz CT molecular complexity index is 485. The summed E-state index contributed by atoms with van der Waals surface area (Å²) in [6, 6.07) is 4.18. The van der Waals surface area contributed by atoms with Crippen molar-refractivity contribution in [3.05, 3.63) is 34.1 Å². The molecular formula is C14H13BrFNO. The molecule has 0 heterocycles. The van der Waals surface area contributed by atoms with Crippen LogP contribution in [0.4, 0.5) is 4.39 Å². The summed E-state index contributed by atoms with van der Waals surface area (Å²) in [6.07, 6.45) is 7.55. The third kappa shape index (κ3) is 3.33. The number of amides is 1. The Morgan fingerprint density at radius 1 is 1.50 bits per heavy atom. The van der Waals surface area contributed by atoms with Gasteiger partial charge in [-0.25, -0.2) is 4.39 Å². The highest BCUT2D eigenvalue weighted by atomic mass is 79.9. The van der Waals surface area contributed by atoms with Crippen LogP contribution in [0.2, 0.25) is 0 Å². The van der Waals surface area contributed by atoms with Crippen molar-refractivity contribution in [2.45, 2.75) is 12.8 Å². The van der Waals surface area contributed by atoms with Crippen molar-refractivity contribution >= 4 is 21.8 Å². The molecule has 0 radical (unpaired) electrons. The third-order valence-electron chi connectivity index (χ3n) is 2.85. The molecule has 1 aliphatic carbocycles. The molecular weight excluding hydrogens is 297 g/mol. The minimum Gasteiger partial charge on any atom is -0.327 e. The number of terminal acetylenes is 1. The molecule has 1 aromatic carbocycles. The van der Waals surface area contributed by atoms with Crippen molar-refractivity contribution in [2.75, 3.05) is 13.1 Å². The summed E-state index contributed by atoms with van der Waals surface area (Å²) >= 11 is 3.18. The first-order valence-corrected chi connectivity index (χ1v) is 6.58. The highest BCUT2D eigenvalue weighted by Gasteiger charge is 2.27. The van der Waals surface area contributed by atoms with Gasteiger partial charge in [-0.3, -0.25) is 4.79 Å². The maximum Gasteiger partial charge on any atom is 0.254 e. The number of halogens is 2. The largest absolute Gasteiger partial charge is 0.327 e. The van der Waals surface area contributed by atoms with Gasteiger partial charge in [0.2, 0.25) is 0 Å². The van der Waals surface area contributed by atoms with Gasteiger partial charge in [0, 0.05) is 16.6 Å². The summed E-state index contributed by atoms with van der Waals surface area (Å²) in [5.74, 6) is 2.40. The van der Waals surface area contributed by atoms with Crippen molar-refractivity contribution < 1.29 is 9.18 Å². The zero-order chi connectivity index (χ0) is 13.1. The molecule has 4 heteroatoms. The normalized spacial score (nSPS) is 14.1. The standard InChI is InChI=1S/C14H13BrFNO/c1-2-5-17(9-10-3-4-10)14(18)11-6-12(15)8-13(16)7-11/h1,6-8,10H,3-5,9H2. The smallest absolute Gasteiger partial charge is 0.254 e. The molecule has 1 aromatic rings. The highest BCUT2D eigenvalue weighted by molar-refractivity contribution is 9.10. The predicted molar refractivity (Wildman–Crippen MR) is 71.6 cm³/mol. The third-order valence-corrected chi connectivity index (χ3v) is 3.31. The van der Waals surface area contributed by atoms with E-state index < -0.39 is 5.82 Å². The molecule has 2 nitrogen and oxygen atoms in total. The number of benzene rings is 1. The van der Waals surface area contributed by atoms with Crippen molar-refractivity contribution in [1.29, 1.82) is 0 Å². The van der Waals surface area contributed by atoms with Crippen LogP contribution in [0.25, 0.3) is 0 Å². The lowest BCUT2D eigenvalue weighted by Crippen LogP contribution is -2.33. The first kappa shape index (κ1) is 13.1. The molecule has 1 saturated carbocycles. The highest BCUT2D eigenvalue weighted by Crippen LogP contribution is 2.30. The summed E-state index contributed by atoms with van der Waals surface area (Å²) in [5.41, 5.74) is 0.331. The van der Waals surface area contributed by atoms with Gasteiger partial charge in [0.1, 0.15) is 5.82 Å². The molecule has 0 saturated heterocycles. The topological polar surface area (TPSA) is 20.3 Å². The molecule has 0 N–H and O–H groups in total. The van der Waals surface area contributed by atoms with E-state index in [4.69, 9.17) is 6.42 Å². The van der Waals surface area contributed by atoms with E-state index in [0.717, 1.165) is 12.8 Å². The maximum absolute atomic E-state index is 13.3. The minimum atomic E-state index is -0.431. The van der Waals surface area contributed by atoms with Crippen LogP contribution >= 0.6 is 15.9 Å². The average molecular weight is 310 g/mol. The van der Waals surface area contributed by atoms with Gasteiger partial charge in [0.15, 0.2) is 0 Å². The van der Waals surface area contributed by atoms with Gasteiger partial charge < -0.3 is 4.90 Å². The Morgan fingerprint density at radius 2 is 2.22 bits per heavy atom. The Hall–Kier alpha value is -1.34. The number of hydrogen-bond donors (Lipinski definition) is 0. The summed E-state index contributed by atoms with van der Waals surface area (Å²) in [6.45, 7) is 0.931. The Kier molecular flexibility index (Phi) is 4.03. The van der Waals surface area contributed by atoms with Crippen LogP contribution in [0.5, 0.6) is 0 Å². The summed E-state index contributed by atoms with van der Waals surface area (Å²) in [4.78, 5) is 13.9. The second kappa shape index (κ2) is 5.53. The molecule has 0 spiro atoms. The van der Waals surface area contributed by atoms with Gasteiger partial charge in [-0.2, -0.15) is 0 Å². The van der Waals surface area contributed by atoms with Crippen LogP contribution in [0.15, 0.2) is 22.7 Å². The first-order chi connectivity index (χ1) is 8.60. The molecule has 0 bridgehead atoms. The van der Waals surface area contributed by atoms with E-state index in [1.807, 2.05) is 0 Å². The van der Waals surface area contributed by atoms with Crippen molar-refractivity contribution in [3.8, 4) is 12.3 Å². The van der Waals surface area contributed by atoms with Crippen molar-refractivity contribution in [2.24, 2.45) is 5.92 Å². The zero-order valence-corrected chi connectivity index (χ0v) is 11.4. The zero-order valence-electron chi connectivity index (χ0n) is 9.83. The molecule has 2 rings (SSSR count). The van der Waals surface area contributed by atoms with E-state index in [1.54, 1.807) is 11.0 Å². The van der Waals surface area contributed by atoms with Crippen LogP contribution in [0, 0.1) is 24.1 Å². The molecule has 0 unspecified atom stereocenters. The van der Waals surface area contributed by atoms with Gasteiger partial charge in [-0.15, -0.1) is 6.42 Å². The number of carbonyl (C=O) groups excluding carboxylic acids is 1. The van der Waals surface area contributed by atoms with Crippen molar-refractivity contribution in [1.82, 2.24) is 4.90 Å². The Morgan fingerprint density at radius 3 is 2.78 bits per heavy atom. The van der Waals surface area contributed by atoms with Crippen LogP contribution in [0.3, 0.4) is 0 Å². The van der Waals surface area contributed by atoms with Crippen LogP contribution < -0.4 is 0 Å². The number of hydrogen-bond acceptors (Lipinski definition) is 1. The van der Waals surface area contributed by atoms with E-state index in [9.17, 15) is 9.18 Å². The average Bonchev–Trinajstić information content (AvgIpc) is 3.10. The predicted octanol–water partition coefficient (Wildman–Crippen LogP) is 3.07. The fourth-order valence-electron chi connectivity index (χ4n) is 1.80. The minimum absolute atomic E-state index is 0.208. The molecule has 18 heavy (non-hydrogen) atoms. The second-order valence-electron chi connectivity index (χ2n) is 4.49. The lowest BCUT2D eigenvalue weighted by molar-refractivity contribution is 0.0769. The van der Waals surface area contributed by atoms with Gasteiger partial charge in [0.25, 0.3) is 5.91 Å². The molecule has 0 aromatic heterocycles. The Labute approximate surface area is 114 Å². The van der Waals surface area contributed by atoms with Crippen LogP contribution in [0.1, 0.15) is 23.2 Å². The van der Waals surface area contributed by atoms with Crippen LogP contribution in [-0.2, 0) is 0 Å². The fraction of sp³-hybridized carbons (Fsp3) is 0.357. The SMILES string of the molecule is C#CCN(CC1CC1)C(=O)c1cc(F)cc(Br)c1. The van der Waals surface area contributed by atoms with E-state index in [2.05, 4.69) is 21.9 Å².